The fraction of sp³-hybridized carbons (Fsp3) is 0.607. The standard InChI is InChI=1S/C28H43NO2.BrH/c1-4-5-6-7-8-9-10-11-12-13-18-25(28(2,3)29)22-27(30)31-26-20-19-23-16-14-15-17-24(23)21-26;/h14-17,19-21,25H,4-13,18,22,29H2,1-3H3;1H. The van der Waals surface area contributed by atoms with Gasteiger partial charge in [0, 0.05) is 5.54 Å². The van der Waals surface area contributed by atoms with Crippen molar-refractivity contribution in [2.24, 2.45) is 11.7 Å². The Kier molecular flexibility index (Phi) is 13.8. The van der Waals surface area contributed by atoms with E-state index in [0.29, 0.717) is 12.2 Å². The summed E-state index contributed by atoms with van der Waals surface area (Å²) in [7, 11) is 0. The van der Waals surface area contributed by atoms with Crippen molar-refractivity contribution in [1.82, 2.24) is 0 Å². The topological polar surface area (TPSA) is 52.3 Å². The summed E-state index contributed by atoms with van der Waals surface area (Å²) in [6, 6.07) is 13.9. The van der Waals surface area contributed by atoms with Crippen molar-refractivity contribution in [1.29, 1.82) is 0 Å². The zero-order valence-electron chi connectivity index (χ0n) is 20.4. The SMILES string of the molecule is Br.CCCCCCCCCCCCC(CC(=O)Oc1ccc2ccccc2c1)C(C)(C)N. The quantitative estimate of drug-likeness (QED) is 0.150. The molecule has 0 saturated carbocycles. The predicted molar refractivity (Wildman–Crippen MR) is 143 cm³/mol. The van der Waals surface area contributed by atoms with Crippen molar-refractivity contribution in [2.75, 3.05) is 0 Å². The fourth-order valence-corrected chi connectivity index (χ4v) is 4.22. The number of hydrogen-bond donors (Lipinski definition) is 1. The number of esters is 1. The second kappa shape index (κ2) is 15.4. The van der Waals surface area contributed by atoms with Crippen molar-refractivity contribution >= 4 is 33.7 Å². The monoisotopic (exact) mass is 505 g/mol. The minimum Gasteiger partial charge on any atom is -0.426 e. The van der Waals surface area contributed by atoms with E-state index in [1.54, 1.807) is 0 Å². The molecule has 0 aromatic heterocycles. The van der Waals surface area contributed by atoms with Crippen LogP contribution in [0.1, 0.15) is 97.8 Å². The third-order valence-corrected chi connectivity index (χ3v) is 6.32. The third kappa shape index (κ3) is 11.0. The summed E-state index contributed by atoms with van der Waals surface area (Å²) in [5, 5.41) is 2.22. The lowest BCUT2D eigenvalue weighted by molar-refractivity contribution is -0.136. The van der Waals surface area contributed by atoms with Gasteiger partial charge in [0.2, 0.25) is 0 Å². The summed E-state index contributed by atoms with van der Waals surface area (Å²) in [5.74, 6) is 0.552. The van der Waals surface area contributed by atoms with Crippen LogP contribution in [-0.2, 0) is 4.79 Å². The van der Waals surface area contributed by atoms with Gasteiger partial charge >= 0.3 is 5.97 Å². The van der Waals surface area contributed by atoms with Crippen LogP contribution in [0.25, 0.3) is 10.8 Å². The minimum absolute atomic E-state index is 0. The first-order chi connectivity index (χ1) is 14.9. The maximum atomic E-state index is 12.6. The number of carbonyl (C=O) groups is 1. The average molecular weight is 507 g/mol. The maximum absolute atomic E-state index is 12.6. The molecule has 1 atom stereocenters. The molecule has 0 aliphatic heterocycles. The summed E-state index contributed by atoms with van der Waals surface area (Å²) >= 11 is 0. The third-order valence-electron chi connectivity index (χ3n) is 6.32. The zero-order valence-corrected chi connectivity index (χ0v) is 22.1. The molecule has 0 spiro atoms. The first-order valence-electron chi connectivity index (χ1n) is 12.4. The lowest BCUT2D eigenvalue weighted by Crippen LogP contribution is -2.42. The molecule has 0 bridgehead atoms. The molecule has 0 aliphatic carbocycles. The first-order valence-corrected chi connectivity index (χ1v) is 12.4. The molecule has 0 aliphatic rings. The number of halogens is 1. The normalized spacial score (nSPS) is 12.4. The van der Waals surface area contributed by atoms with E-state index >= 15 is 0 Å². The Balaban J connectivity index is 0.00000512. The van der Waals surface area contributed by atoms with Crippen LogP contribution in [0.2, 0.25) is 0 Å². The highest BCUT2D eigenvalue weighted by Crippen LogP contribution is 2.27. The predicted octanol–water partition coefficient (Wildman–Crippen LogP) is 8.38. The number of ether oxygens (including phenoxy) is 1. The maximum Gasteiger partial charge on any atom is 0.311 e. The Labute approximate surface area is 206 Å². The molecule has 2 rings (SSSR count). The molecule has 1 unspecified atom stereocenters. The Morgan fingerprint density at radius 2 is 1.44 bits per heavy atom. The van der Waals surface area contributed by atoms with Crippen LogP contribution in [0.4, 0.5) is 0 Å². The Morgan fingerprint density at radius 1 is 0.875 bits per heavy atom. The van der Waals surface area contributed by atoms with E-state index < -0.39 is 0 Å². The zero-order chi connectivity index (χ0) is 22.5. The molecule has 0 fully saturated rings. The summed E-state index contributed by atoms with van der Waals surface area (Å²) in [5.41, 5.74) is 6.02. The number of hydrogen-bond acceptors (Lipinski definition) is 3. The highest BCUT2D eigenvalue weighted by molar-refractivity contribution is 8.93. The second-order valence-corrected chi connectivity index (χ2v) is 9.68. The highest BCUT2D eigenvalue weighted by atomic mass is 79.9. The van der Waals surface area contributed by atoms with Crippen molar-refractivity contribution in [3.8, 4) is 5.75 Å². The van der Waals surface area contributed by atoms with E-state index in [-0.39, 0.29) is 34.4 Å². The number of nitrogens with two attached hydrogens (primary N) is 1. The molecule has 0 radical (unpaired) electrons. The molecular formula is C28H44BrNO2. The van der Waals surface area contributed by atoms with Gasteiger partial charge in [0.25, 0.3) is 0 Å². The van der Waals surface area contributed by atoms with Gasteiger partial charge in [-0.1, -0.05) is 101 Å². The lowest BCUT2D eigenvalue weighted by atomic mass is 9.82. The lowest BCUT2D eigenvalue weighted by Gasteiger charge is -2.30. The van der Waals surface area contributed by atoms with Crippen molar-refractivity contribution in [3.05, 3.63) is 42.5 Å². The molecule has 32 heavy (non-hydrogen) atoms. The molecule has 3 nitrogen and oxygen atoms in total. The van der Waals surface area contributed by atoms with Gasteiger partial charge in [0.1, 0.15) is 5.75 Å². The van der Waals surface area contributed by atoms with Crippen molar-refractivity contribution in [3.63, 3.8) is 0 Å². The number of unbranched alkanes of at least 4 members (excludes halogenated alkanes) is 9. The van der Waals surface area contributed by atoms with Gasteiger partial charge in [-0.05, 0) is 49.1 Å². The van der Waals surface area contributed by atoms with E-state index in [4.69, 9.17) is 10.5 Å². The van der Waals surface area contributed by atoms with Crippen LogP contribution in [0.15, 0.2) is 42.5 Å². The number of fused-ring (bicyclic) bond motifs is 1. The van der Waals surface area contributed by atoms with E-state index in [1.165, 1.54) is 57.8 Å². The van der Waals surface area contributed by atoms with Crippen molar-refractivity contribution < 1.29 is 9.53 Å². The fourth-order valence-electron chi connectivity index (χ4n) is 4.22. The number of rotatable bonds is 15. The average Bonchev–Trinajstić information content (AvgIpc) is 2.73. The first kappa shape index (κ1) is 28.6. The van der Waals surface area contributed by atoms with E-state index in [0.717, 1.165) is 23.6 Å². The molecule has 2 N–H and O–H groups in total. The molecule has 0 amide bonds. The second-order valence-electron chi connectivity index (χ2n) is 9.68. The van der Waals surface area contributed by atoms with Crippen molar-refractivity contribution in [2.45, 2.75) is 103 Å². The smallest absolute Gasteiger partial charge is 0.311 e. The van der Waals surface area contributed by atoms with E-state index in [1.807, 2.05) is 50.2 Å². The molecule has 2 aromatic carbocycles. The van der Waals surface area contributed by atoms with Crippen LogP contribution >= 0.6 is 17.0 Å². The van der Waals surface area contributed by atoms with Crippen LogP contribution in [0.3, 0.4) is 0 Å². The van der Waals surface area contributed by atoms with Crippen LogP contribution in [0, 0.1) is 5.92 Å². The largest absolute Gasteiger partial charge is 0.426 e. The Hall–Kier alpha value is -1.39. The number of benzene rings is 2. The van der Waals surface area contributed by atoms with Crippen LogP contribution in [-0.4, -0.2) is 11.5 Å². The van der Waals surface area contributed by atoms with Crippen LogP contribution < -0.4 is 10.5 Å². The van der Waals surface area contributed by atoms with Gasteiger partial charge in [-0.25, -0.2) is 0 Å². The molecule has 0 saturated heterocycles. The summed E-state index contributed by atoms with van der Waals surface area (Å²) < 4.78 is 5.65. The summed E-state index contributed by atoms with van der Waals surface area (Å²) in [6.07, 6.45) is 14.5. The van der Waals surface area contributed by atoms with Gasteiger partial charge in [-0.15, -0.1) is 17.0 Å². The minimum atomic E-state index is -0.387. The van der Waals surface area contributed by atoms with Crippen LogP contribution in [0.5, 0.6) is 5.75 Å². The summed E-state index contributed by atoms with van der Waals surface area (Å²) in [4.78, 5) is 12.6. The van der Waals surface area contributed by atoms with Gasteiger partial charge < -0.3 is 10.5 Å². The molecule has 2 aromatic rings. The molecule has 0 heterocycles. The summed E-state index contributed by atoms with van der Waals surface area (Å²) in [6.45, 7) is 6.31. The van der Waals surface area contributed by atoms with Gasteiger partial charge in [0.05, 0.1) is 6.42 Å². The molecule has 4 heteroatoms. The number of carbonyl (C=O) groups excluding carboxylic acids is 1. The van der Waals surface area contributed by atoms with E-state index in [9.17, 15) is 4.79 Å². The Bertz CT molecular complexity index is 784. The van der Waals surface area contributed by atoms with Gasteiger partial charge in [-0.2, -0.15) is 0 Å². The van der Waals surface area contributed by atoms with Gasteiger partial charge in [-0.3, -0.25) is 4.79 Å². The molecular weight excluding hydrogens is 462 g/mol. The highest BCUT2D eigenvalue weighted by Gasteiger charge is 2.27. The van der Waals surface area contributed by atoms with Gasteiger partial charge in [0.15, 0.2) is 0 Å². The molecule has 180 valence electrons. The Morgan fingerprint density at radius 3 is 2.03 bits per heavy atom. The van der Waals surface area contributed by atoms with E-state index in [2.05, 4.69) is 13.0 Å².